The first-order valence-electron chi connectivity index (χ1n) is 17.7. The summed E-state index contributed by atoms with van der Waals surface area (Å²) in [4.78, 5) is 39.7. The van der Waals surface area contributed by atoms with Crippen LogP contribution in [0.25, 0.3) is 68.6 Å². The molecule has 0 saturated carbocycles. The van der Waals surface area contributed by atoms with Crippen molar-refractivity contribution >= 4 is 80.5 Å². The van der Waals surface area contributed by atoms with Gasteiger partial charge in [-0.2, -0.15) is 0 Å². The second-order valence-corrected chi connectivity index (χ2v) is 13.1. The highest BCUT2D eigenvalue weighted by Crippen LogP contribution is 2.37. The number of rotatable bonds is 8. The molecule has 5 heterocycles. The lowest BCUT2D eigenvalue weighted by atomic mass is 10.0. The standard InChI is InChI=1S/C44H30N8O4/c53-51(54)31-15-11-29(12-16-31)45-43-37-23-19-33(47-37)41(27-7-3-1-4-8-27)34-20-24-38(48-34)44(46-30-13-17-32(18-14-30)52(55)56)40-26-22-36(50-40)42(28-9-5-2-6-10-28)35-21-25-39(43)49-35/h1-26,45-47,50H. The number of nitrogens with zero attached hydrogens (tertiary/aromatic N) is 4. The topological polar surface area (TPSA) is 168 Å². The van der Waals surface area contributed by atoms with Gasteiger partial charge in [0.2, 0.25) is 0 Å². The molecule has 0 amide bonds. The zero-order valence-electron chi connectivity index (χ0n) is 29.4. The molecule has 0 spiro atoms. The van der Waals surface area contributed by atoms with Crippen LogP contribution in [0, 0.1) is 20.2 Å². The molecule has 3 aromatic heterocycles. The fraction of sp³-hybridized carbons (Fsp3) is 0. The molecule has 2 aliphatic rings. The minimum atomic E-state index is -0.422. The first kappa shape index (κ1) is 33.7. The van der Waals surface area contributed by atoms with E-state index in [-0.39, 0.29) is 11.4 Å². The molecule has 2 aliphatic heterocycles. The number of benzene rings is 4. The third kappa shape index (κ3) is 6.43. The summed E-state index contributed by atoms with van der Waals surface area (Å²) >= 11 is 0. The Morgan fingerprint density at radius 3 is 1.16 bits per heavy atom. The van der Waals surface area contributed by atoms with Crippen molar-refractivity contribution in [3.8, 4) is 22.3 Å². The molecule has 0 unspecified atom stereocenters. The number of hydrogen-bond acceptors (Lipinski definition) is 8. The van der Waals surface area contributed by atoms with Crippen molar-refractivity contribution in [1.29, 1.82) is 0 Å². The summed E-state index contributed by atoms with van der Waals surface area (Å²) in [6, 6.07) is 40.5. The number of aromatic nitrogens is 4. The van der Waals surface area contributed by atoms with Crippen molar-refractivity contribution in [1.82, 2.24) is 19.9 Å². The minimum absolute atomic E-state index is 0.00569. The van der Waals surface area contributed by atoms with Crippen molar-refractivity contribution in [2.24, 2.45) is 0 Å². The number of fused-ring (bicyclic) bond motifs is 8. The van der Waals surface area contributed by atoms with E-state index in [1.807, 2.05) is 109 Å². The molecular weight excluding hydrogens is 705 g/mol. The maximum Gasteiger partial charge on any atom is 0.269 e. The predicted octanol–water partition coefficient (Wildman–Crippen LogP) is 11.3. The summed E-state index contributed by atoms with van der Waals surface area (Å²) in [7, 11) is 0. The monoisotopic (exact) mass is 734 g/mol. The predicted molar refractivity (Wildman–Crippen MR) is 222 cm³/mol. The van der Waals surface area contributed by atoms with Gasteiger partial charge in [0, 0.05) is 57.8 Å². The lowest BCUT2D eigenvalue weighted by Gasteiger charge is -2.09. The third-order valence-electron chi connectivity index (χ3n) is 9.57. The zero-order chi connectivity index (χ0) is 38.2. The Morgan fingerprint density at radius 1 is 0.429 bits per heavy atom. The Bertz CT molecular complexity index is 2700. The lowest BCUT2D eigenvalue weighted by Crippen LogP contribution is -1.96. The van der Waals surface area contributed by atoms with Gasteiger partial charge in [-0.15, -0.1) is 0 Å². The Hall–Kier alpha value is -8.12. The van der Waals surface area contributed by atoms with E-state index in [2.05, 4.69) is 20.6 Å². The number of nitrogens with one attached hydrogen (secondary N) is 4. The van der Waals surface area contributed by atoms with Gasteiger partial charge in [0.25, 0.3) is 11.4 Å². The van der Waals surface area contributed by atoms with Crippen molar-refractivity contribution in [2.75, 3.05) is 10.6 Å². The molecule has 0 fully saturated rings. The van der Waals surface area contributed by atoms with Gasteiger partial charge in [0.05, 0.1) is 55.0 Å². The quantitative estimate of drug-likeness (QED) is 0.0883. The Balaban J connectivity index is 1.36. The van der Waals surface area contributed by atoms with E-state index in [0.29, 0.717) is 34.1 Å². The van der Waals surface area contributed by atoms with E-state index in [0.717, 1.165) is 55.7 Å². The first-order valence-corrected chi connectivity index (χ1v) is 17.7. The molecule has 7 aromatic rings. The molecule has 0 radical (unpaired) electrons. The van der Waals surface area contributed by atoms with Crippen LogP contribution in [0.15, 0.2) is 133 Å². The largest absolute Gasteiger partial charge is 0.353 e. The van der Waals surface area contributed by atoms with Crippen LogP contribution in [0.2, 0.25) is 0 Å². The highest BCUT2D eigenvalue weighted by atomic mass is 16.6. The lowest BCUT2D eigenvalue weighted by molar-refractivity contribution is -0.385. The molecule has 4 aromatic carbocycles. The molecule has 270 valence electrons. The van der Waals surface area contributed by atoms with Crippen LogP contribution in [0.1, 0.15) is 22.8 Å². The Morgan fingerprint density at radius 2 is 0.786 bits per heavy atom. The van der Waals surface area contributed by atoms with Crippen LogP contribution in [-0.2, 0) is 0 Å². The summed E-state index contributed by atoms with van der Waals surface area (Å²) in [6.07, 6.45) is 7.86. The maximum absolute atomic E-state index is 11.4. The molecule has 0 saturated heterocycles. The molecule has 56 heavy (non-hydrogen) atoms. The number of anilines is 4. The average molecular weight is 735 g/mol. The van der Waals surface area contributed by atoms with Crippen LogP contribution in [0.3, 0.4) is 0 Å². The smallest absolute Gasteiger partial charge is 0.269 e. The van der Waals surface area contributed by atoms with Crippen LogP contribution in [0.4, 0.5) is 34.1 Å². The number of nitro benzene ring substituents is 2. The SMILES string of the molecule is O=[N+]([O-])c1ccc(Nc2c3nc(c(-c4ccccc4)c4ccc([nH]4)c(Nc4ccc([N+](=O)[O-])cc4)c4nc(c(-c5ccccc5)c5ccc2[nH]5)C=C4)C=C3)cc1. The van der Waals surface area contributed by atoms with E-state index >= 15 is 0 Å². The number of aromatic amines is 2. The van der Waals surface area contributed by atoms with E-state index in [9.17, 15) is 20.2 Å². The maximum atomic E-state index is 11.4. The van der Waals surface area contributed by atoms with Crippen LogP contribution in [-0.4, -0.2) is 29.8 Å². The molecule has 12 heteroatoms. The Labute approximate surface area is 318 Å². The summed E-state index contributed by atoms with van der Waals surface area (Å²) in [5, 5.41) is 29.8. The van der Waals surface area contributed by atoms with Gasteiger partial charge in [0.15, 0.2) is 0 Å². The van der Waals surface area contributed by atoms with Crippen LogP contribution in [0.5, 0.6) is 0 Å². The van der Waals surface area contributed by atoms with Crippen molar-refractivity contribution in [3.05, 3.63) is 176 Å². The molecule has 0 atom stereocenters. The van der Waals surface area contributed by atoms with Gasteiger partial charge in [-0.3, -0.25) is 20.2 Å². The highest BCUT2D eigenvalue weighted by Gasteiger charge is 2.18. The molecule has 9 rings (SSSR count). The van der Waals surface area contributed by atoms with Gasteiger partial charge in [-0.25, -0.2) is 9.97 Å². The van der Waals surface area contributed by atoms with Gasteiger partial charge >= 0.3 is 0 Å². The third-order valence-corrected chi connectivity index (χ3v) is 9.57. The minimum Gasteiger partial charge on any atom is -0.353 e. The van der Waals surface area contributed by atoms with Crippen LogP contribution < -0.4 is 10.6 Å². The summed E-state index contributed by atoms with van der Waals surface area (Å²) in [5.41, 5.74) is 12.1. The van der Waals surface area contributed by atoms with E-state index in [4.69, 9.17) is 9.97 Å². The molecule has 0 aliphatic carbocycles. The van der Waals surface area contributed by atoms with Crippen molar-refractivity contribution < 1.29 is 9.85 Å². The second-order valence-electron chi connectivity index (χ2n) is 13.1. The highest BCUT2D eigenvalue weighted by molar-refractivity contribution is 5.99. The van der Waals surface area contributed by atoms with Crippen molar-refractivity contribution in [2.45, 2.75) is 0 Å². The van der Waals surface area contributed by atoms with E-state index in [1.54, 1.807) is 24.3 Å². The number of hydrogen-bond donors (Lipinski definition) is 4. The number of H-pyrrole nitrogens is 2. The van der Waals surface area contributed by atoms with Gasteiger partial charge in [-0.05, 0) is 84.0 Å². The van der Waals surface area contributed by atoms with Gasteiger partial charge in [-0.1, -0.05) is 60.7 Å². The number of nitro groups is 2. The average Bonchev–Trinajstić information content (AvgIpc) is 4.07. The fourth-order valence-corrected chi connectivity index (χ4v) is 6.91. The molecular formula is C44H30N8O4. The first-order chi connectivity index (χ1) is 27.4. The normalized spacial score (nSPS) is 11.7. The van der Waals surface area contributed by atoms with E-state index in [1.165, 1.54) is 24.3 Å². The molecule has 8 bridgehead atoms. The zero-order valence-corrected chi connectivity index (χ0v) is 29.4. The second kappa shape index (κ2) is 14.0. The summed E-state index contributed by atoms with van der Waals surface area (Å²) in [6.45, 7) is 0. The Kier molecular flexibility index (Phi) is 8.44. The number of non-ortho nitro benzene ring substituents is 2. The molecule has 4 N–H and O–H groups in total. The molecule has 12 nitrogen and oxygen atoms in total. The van der Waals surface area contributed by atoms with Crippen molar-refractivity contribution in [3.63, 3.8) is 0 Å². The van der Waals surface area contributed by atoms with Gasteiger partial charge < -0.3 is 20.6 Å². The van der Waals surface area contributed by atoms with Crippen LogP contribution >= 0.6 is 0 Å². The summed E-state index contributed by atoms with van der Waals surface area (Å²) in [5.74, 6) is 0. The summed E-state index contributed by atoms with van der Waals surface area (Å²) < 4.78 is 0. The van der Waals surface area contributed by atoms with E-state index < -0.39 is 9.85 Å². The fourth-order valence-electron chi connectivity index (χ4n) is 6.91. The van der Waals surface area contributed by atoms with Gasteiger partial charge in [0.1, 0.15) is 0 Å².